The maximum absolute atomic E-state index is 13.3. The molecule has 1 aromatic rings. The number of rotatable bonds is 9. The van der Waals surface area contributed by atoms with Crippen LogP contribution in [-0.2, 0) is 19.1 Å². The smallest absolute Gasteiger partial charge is 0.277 e. The first-order valence-corrected chi connectivity index (χ1v) is 8.14. The topological polar surface area (TPSA) is 59.1 Å². The summed E-state index contributed by atoms with van der Waals surface area (Å²) in [4.78, 5) is 28.6. The van der Waals surface area contributed by atoms with Gasteiger partial charge in [0.15, 0.2) is 0 Å². The molecular weight excluding hydrogens is 327 g/mol. The maximum atomic E-state index is 13.3. The standard InChI is InChI=1S/C18H23FN2O4/c1-4-21-17(22)15(13-5-7-14(19)8-6-13)16(18(21)23)20(9-11-24-2)10-12-25-3/h5-8H,4,9-12H2,1-3H3. The summed E-state index contributed by atoms with van der Waals surface area (Å²) in [5.41, 5.74) is 1.12. The van der Waals surface area contributed by atoms with Crippen LogP contribution in [0.4, 0.5) is 4.39 Å². The van der Waals surface area contributed by atoms with Gasteiger partial charge in [0.25, 0.3) is 11.8 Å². The average Bonchev–Trinajstić information content (AvgIpc) is 2.86. The minimum absolute atomic E-state index is 0.272. The van der Waals surface area contributed by atoms with Crippen LogP contribution in [0.3, 0.4) is 0 Å². The number of ether oxygens (including phenoxy) is 2. The van der Waals surface area contributed by atoms with Gasteiger partial charge in [0.1, 0.15) is 11.5 Å². The molecule has 1 aliphatic rings. The van der Waals surface area contributed by atoms with Crippen LogP contribution in [0, 0.1) is 5.82 Å². The van der Waals surface area contributed by atoms with E-state index in [1.165, 1.54) is 29.2 Å². The molecule has 0 spiro atoms. The molecule has 0 radical (unpaired) electrons. The monoisotopic (exact) mass is 350 g/mol. The predicted octanol–water partition coefficient (Wildman–Crippen LogP) is 1.52. The lowest BCUT2D eigenvalue weighted by atomic mass is 10.0. The molecule has 0 unspecified atom stereocenters. The first-order valence-electron chi connectivity index (χ1n) is 8.14. The van der Waals surface area contributed by atoms with E-state index in [1.54, 1.807) is 26.0 Å². The van der Waals surface area contributed by atoms with E-state index < -0.39 is 5.82 Å². The molecule has 1 aromatic carbocycles. The van der Waals surface area contributed by atoms with Crippen LogP contribution < -0.4 is 0 Å². The molecule has 2 rings (SSSR count). The summed E-state index contributed by atoms with van der Waals surface area (Å²) in [7, 11) is 3.15. The summed E-state index contributed by atoms with van der Waals surface area (Å²) in [6, 6.07) is 5.58. The van der Waals surface area contributed by atoms with Gasteiger partial charge in [-0.05, 0) is 24.6 Å². The lowest BCUT2D eigenvalue weighted by Crippen LogP contribution is -2.37. The van der Waals surface area contributed by atoms with Gasteiger partial charge in [0, 0.05) is 33.9 Å². The Kier molecular flexibility index (Phi) is 6.66. The van der Waals surface area contributed by atoms with Crippen molar-refractivity contribution in [3.8, 4) is 0 Å². The molecule has 0 aliphatic carbocycles. The normalized spacial score (nSPS) is 14.6. The zero-order valence-electron chi connectivity index (χ0n) is 14.8. The molecular formula is C18H23FN2O4. The summed E-state index contributed by atoms with van der Waals surface area (Å²) in [6.45, 7) is 3.70. The molecule has 1 heterocycles. The molecule has 0 bridgehead atoms. The van der Waals surface area contributed by atoms with Gasteiger partial charge in [0.05, 0.1) is 18.8 Å². The molecule has 7 heteroatoms. The average molecular weight is 350 g/mol. The molecule has 0 atom stereocenters. The van der Waals surface area contributed by atoms with Crippen LogP contribution in [-0.4, -0.2) is 68.7 Å². The number of amides is 2. The van der Waals surface area contributed by atoms with Crippen molar-refractivity contribution in [2.24, 2.45) is 0 Å². The van der Waals surface area contributed by atoms with Crippen molar-refractivity contribution < 1.29 is 23.5 Å². The molecule has 1 aliphatic heterocycles. The van der Waals surface area contributed by atoms with Crippen LogP contribution in [0.1, 0.15) is 12.5 Å². The Bertz CT molecular complexity index is 650. The lowest BCUT2D eigenvalue weighted by Gasteiger charge is -2.25. The van der Waals surface area contributed by atoms with Gasteiger partial charge >= 0.3 is 0 Å². The van der Waals surface area contributed by atoms with Gasteiger partial charge in [0.2, 0.25) is 0 Å². The van der Waals surface area contributed by atoms with Crippen LogP contribution >= 0.6 is 0 Å². The van der Waals surface area contributed by atoms with Crippen molar-refractivity contribution in [3.05, 3.63) is 41.3 Å². The van der Waals surface area contributed by atoms with Crippen molar-refractivity contribution in [1.29, 1.82) is 0 Å². The minimum Gasteiger partial charge on any atom is -0.383 e. The molecule has 0 N–H and O–H groups in total. The maximum Gasteiger partial charge on any atom is 0.277 e. The Hall–Kier alpha value is -2.25. The minimum atomic E-state index is -0.398. The van der Waals surface area contributed by atoms with Gasteiger partial charge in [-0.2, -0.15) is 0 Å². The summed E-state index contributed by atoms with van der Waals surface area (Å²) < 4.78 is 23.5. The molecule has 0 saturated carbocycles. The second-order valence-corrected chi connectivity index (χ2v) is 5.56. The Morgan fingerprint density at radius 3 is 2.04 bits per heavy atom. The number of halogens is 1. The van der Waals surface area contributed by atoms with Crippen LogP contribution in [0.15, 0.2) is 30.0 Å². The molecule has 0 saturated heterocycles. The summed E-state index contributed by atoms with van der Waals surface area (Å²) in [5.74, 6) is -1.11. The van der Waals surface area contributed by atoms with Crippen molar-refractivity contribution >= 4 is 17.4 Å². The SMILES string of the molecule is CCN1C(=O)C(c2ccc(F)cc2)=C(N(CCOC)CCOC)C1=O. The summed E-state index contributed by atoms with van der Waals surface area (Å²) >= 11 is 0. The van der Waals surface area contributed by atoms with E-state index in [-0.39, 0.29) is 18.4 Å². The number of carbonyl (C=O) groups excluding carboxylic acids is 2. The number of likely N-dealkylation sites (N-methyl/N-ethyl adjacent to an activating group) is 1. The van der Waals surface area contributed by atoms with Gasteiger partial charge in [-0.1, -0.05) is 12.1 Å². The second kappa shape index (κ2) is 8.73. The fourth-order valence-electron chi connectivity index (χ4n) is 2.76. The number of carbonyl (C=O) groups is 2. The summed E-state index contributed by atoms with van der Waals surface area (Å²) in [6.07, 6.45) is 0. The van der Waals surface area contributed by atoms with Crippen molar-refractivity contribution in [2.75, 3.05) is 47.1 Å². The first kappa shape index (κ1) is 19.1. The van der Waals surface area contributed by atoms with Crippen LogP contribution in [0.25, 0.3) is 5.57 Å². The third kappa shape index (κ3) is 4.05. The highest BCUT2D eigenvalue weighted by atomic mass is 19.1. The first-order chi connectivity index (χ1) is 12.0. The highest BCUT2D eigenvalue weighted by Crippen LogP contribution is 2.31. The molecule has 6 nitrogen and oxygen atoms in total. The summed E-state index contributed by atoms with van der Waals surface area (Å²) in [5, 5.41) is 0. The van der Waals surface area contributed by atoms with Gasteiger partial charge < -0.3 is 14.4 Å². The number of hydrogen-bond acceptors (Lipinski definition) is 5. The van der Waals surface area contributed by atoms with Crippen molar-refractivity contribution in [1.82, 2.24) is 9.80 Å². The van der Waals surface area contributed by atoms with E-state index in [1.807, 2.05) is 0 Å². The number of imide groups is 1. The van der Waals surface area contributed by atoms with Crippen LogP contribution in [0.2, 0.25) is 0 Å². The lowest BCUT2D eigenvalue weighted by molar-refractivity contribution is -0.137. The third-order valence-corrected chi connectivity index (χ3v) is 4.04. The largest absolute Gasteiger partial charge is 0.383 e. The van der Waals surface area contributed by atoms with E-state index in [2.05, 4.69) is 0 Å². The Balaban J connectivity index is 2.51. The molecule has 136 valence electrons. The molecule has 0 fully saturated rings. The van der Waals surface area contributed by atoms with E-state index in [4.69, 9.17) is 9.47 Å². The Morgan fingerprint density at radius 1 is 1.00 bits per heavy atom. The second-order valence-electron chi connectivity index (χ2n) is 5.56. The highest BCUT2D eigenvalue weighted by molar-refractivity contribution is 6.35. The fourth-order valence-corrected chi connectivity index (χ4v) is 2.76. The van der Waals surface area contributed by atoms with Gasteiger partial charge in [-0.15, -0.1) is 0 Å². The predicted molar refractivity (Wildman–Crippen MR) is 91.0 cm³/mol. The molecule has 2 amide bonds. The quantitative estimate of drug-likeness (QED) is 0.632. The fraction of sp³-hybridized carbons (Fsp3) is 0.444. The van der Waals surface area contributed by atoms with E-state index in [0.29, 0.717) is 43.1 Å². The number of hydrogen-bond donors (Lipinski definition) is 0. The van der Waals surface area contributed by atoms with E-state index >= 15 is 0 Å². The number of nitrogens with zero attached hydrogens (tertiary/aromatic N) is 2. The Labute approximate surface area is 146 Å². The number of benzene rings is 1. The van der Waals surface area contributed by atoms with Crippen molar-refractivity contribution in [3.63, 3.8) is 0 Å². The number of methoxy groups -OCH3 is 2. The molecule has 0 aromatic heterocycles. The zero-order chi connectivity index (χ0) is 18.4. The Morgan fingerprint density at radius 2 is 1.56 bits per heavy atom. The van der Waals surface area contributed by atoms with Crippen LogP contribution in [0.5, 0.6) is 0 Å². The molecule has 25 heavy (non-hydrogen) atoms. The van der Waals surface area contributed by atoms with E-state index in [0.717, 1.165) is 0 Å². The van der Waals surface area contributed by atoms with Gasteiger partial charge in [-0.3, -0.25) is 14.5 Å². The van der Waals surface area contributed by atoms with Crippen molar-refractivity contribution in [2.45, 2.75) is 6.92 Å². The van der Waals surface area contributed by atoms with E-state index in [9.17, 15) is 14.0 Å². The zero-order valence-corrected chi connectivity index (χ0v) is 14.8. The van der Waals surface area contributed by atoms with Gasteiger partial charge in [-0.25, -0.2) is 4.39 Å². The third-order valence-electron chi connectivity index (χ3n) is 4.04. The highest BCUT2D eigenvalue weighted by Gasteiger charge is 2.40.